The molecular formula is C11H11Cl2N5O2. The number of benzene rings is 1. The van der Waals surface area contributed by atoms with Gasteiger partial charge in [0.1, 0.15) is 12.0 Å². The number of rotatable bonds is 5. The first kappa shape index (κ1) is 14.5. The van der Waals surface area contributed by atoms with Crippen LogP contribution in [0.4, 0.5) is 11.4 Å². The maximum atomic E-state index is 11.0. The lowest BCUT2D eigenvalue weighted by Crippen LogP contribution is -2.08. The molecule has 0 saturated carbocycles. The summed E-state index contributed by atoms with van der Waals surface area (Å²) in [6.07, 6.45) is 2.13. The summed E-state index contributed by atoms with van der Waals surface area (Å²) in [6, 6.07) is 2.67. The molecule has 0 fully saturated rings. The molecule has 2 rings (SSSR count). The molecule has 1 aromatic carbocycles. The average Bonchev–Trinajstić information content (AvgIpc) is 2.79. The van der Waals surface area contributed by atoms with Gasteiger partial charge in [-0.3, -0.25) is 14.8 Å². The number of nitrogens with one attached hydrogen (secondary N) is 1. The van der Waals surface area contributed by atoms with Gasteiger partial charge in [-0.1, -0.05) is 23.2 Å². The molecule has 1 aromatic heterocycles. The van der Waals surface area contributed by atoms with Gasteiger partial charge in [0.15, 0.2) is 5.82 Å². The zero-order valence-corrected chi connectivity index (χ0v) is 12.0. The summed E-state index contributed by atoms with van der Waals surface area (Å²) >= 11 is 11.6. The SMILES string of the molecule is Cn1cnc(CCNc2cc(Cl)c(Cl)cc2[N+](=O)[O-])n1. The fourth-order valence-electron chi connectivity index (χ4n) is 1.64. The predicted octanol–water partition coefficient (Wildman–Crippen LogP) is 2.68. The van der Waals surface area contributed by atoms with E-state index in [4.69, 9.17) is 23.2 Å². The average molecular weight is 316 g/mol. The molecule has 7 nitrogen and oxygen atoms in total. The van der Waals surface area contributed by atoms with Crippen LogP contribution in [-0.4, -0.2) is 26.2 Å². The first-order valence-electron chi connectivity index (χ1n) is 5.69. The number of hydrogen-bond donors (Lipinski definition) is 1. The molecule has 0 radical (unpaired) electrons. The van der Waals surface area contributed by atoms with E-state index in [1.165, 1.54) is 12.1 Å². The third-order valence-corrected chi connectivity index (χ3v) is 3.27. The van der Waals surface area contributed by atoms with E-state index in [0.717, 1.165) is 0 Å². The Bertz CT molecular complexity index is 644. The second-order valence-corrected chi connectivity index (χ2v) is 4.87. The predicted molar refractivity (Wildman–Crippen MR) is 76.3 cm³/mol. The lowest BCUT2D eigenvalue weighted by Gasteiger charge is -2.07. The highest BCUT2D eigenvalue weighted by Crippen LogP contribution is 2.33. The molecule has 0 aliphatic heterocycles. The van der Waals surface area contributed by atoms with Gasteiger partial charge in [-0.05, 0) is 6.07 Å². The third-order valence-electron chi connectivity index (χ3n) is 2.55. The zero-order chi connectivity index (χ0) is 14.7. The molecular weight excluding hydrogens is 305 g/mol. The van der Waals surface area contributed by atoms with Gasteiger partial charge >= 0.3 is 0 Å². The van der Waals surface area contributed by atoms with Crippen LogP contribution in [0.15, 0.2) is 18.5 Å². The molecule has 2 aromatic rings. The summed E-state index contributed by atoms with van der Waals surface area (Å²) in [6.45, 7) is 0.447. The molecule has 20 heavy (non-hydrogen) atoms. The van der Waals surface area contributed by atoms with E-state index in [0.29, 0.717) is 24.5 Å². The van der Waals surface area contributed by atoms with Crippen molar-refractivity contribution in [1.29, 1.82) is 0 Å². The fourth-order valence-corrected chi connectivity index (χ4v) is 1.96. The molecule has 0 unspecified atom stereocenters. The summed E-state index contributed by atoms with van der Waals surface area (Å²) in [5.74, 6) is 0.655. The van der Waals surface area contributed by atoms with Crippen molar-refractivity contribution < 1.29 is 4.92 Å². The lowest BCUT2D eigenvalue weighted by molar-refractivity contribution is -0.383. The molecule has 0 spiro atoms. The largest absolute Gasteiger partial charge is 0.379 e. The number of nitro benzene ring substituents is 1. The summed E-state index contributed by atoms with van der Waals surface area (Å²) in [7, 11) is 1.77. The van der Waals surface area contributed by atoms with E-state index >= 15 is 0 Å². The molecule has 0 amide bonds. The maximum absolute atomic E-state index is 11.0. The van der Waals surface area contributed by atoms with Crippen LogP contribution in [0.3, 0.4) is 0 Å². The van der Waals surface area contributed by atoms with Crippen LogP contribution in [0.1, 0.15) is 5.82 Å². The molecule has 1 heterocycles. The molecule has 1 N–H and O–H groups in total. The monoisotopic (exact) mass is 315 g/mol. The van der Waals surface area contributed by atoms with Crippen LogP contribution in [-0.2, 0) is 13.5 Å². The highest BCUT2D eigenvalue weighted by atomic mass is 35.5. The molecule has 0 saturated heterocycles. The molecule has 9 heteroatoms. The van der Waals surface area contributed by atoms with Crippen molar-refractivity contribution in [3.05, 3.63) is 44.4 Å². The minimum absolute atomic E-state index is 0.117. The van der Waals surface area contributed by atoms with Crippen molar-refractivity contribution in [2.24, 2.45) is 7.05 Å². The Hall–Kier alpha value is -1.86. The quantitative estimate of drug-likeness (QED) is 0.677. The van der Waals surface area contributed by atoms with E-state index in [2.05, 4.69) is 15.4 Å². The Kier molecular flexibility index (Phi) is 4.41. The van der Waals surface area contributed by atoms with Gasteiger partial charge < -0.3 is 5.32 Å². The second-order valence-electron chi connectivity index (χ2n) is 4.05. The normalized spacial score (nSPS) is 10.6. The Morgan fingerprint density at radius 3 is 2.70 bits per heavy atom. The van der Waals surface area contributed by atoms with Gasteiger partial charge in [-0.25, -0.2) is 4.98 Å². The Morgan fingerprint density at radius 1 is 1.40 bits per heavy atom. The molecule has 0 aliphatic rings. The lowest BCUT2D eigenvalue weighted by atomic mass is 10.2. The van der Waals surface area contributed by atoms with Gasteiger partial charge in [0.2, 0.25) is 0 Å². The number of nitro groups is 1. The number of hydrogen-bond acceptors (Lipinski definition) is 5. The van der Waals surface area contributed by atoms with Crippen LogP contribution < -0.4 is 5.32 Å². The standard InChI is InChI=1S/C11H11Cl2N5O2/c1-17-6-15-11(16-17)2-3-14-9-4-7(12)8(13)5-10(9)18(19)20/h4-6,14H,2-3H2,1H3. The fraction of sp³-hybridized carbons (Fsp3) is 0.273. The highest BCUT2D eigenvalue weighted by Gasteiger charge is 2.16. The van der Waals surface area contributed by atoms with Crippen molar-refractivity contribution in [2.45, 2.75) is 6.42 Å². The first-order chi connectivity index (χ1) is 9.47. The van der Waals surface area contributed by atoms with Gasteiger partial charge in [0, 0.05) is 26.1 Å². The third kappa shape index (κ3) is 3.37. The maximum Gasteiger partial charge on any atom is 0.293 e. The highest BCUT2D eigenvalue weighted by molar-refractivity contribution is 6.42. The van der Waals surface area contributed by atoms with Crippen molar-refractivity contribution in [2.75, 3.05) is 11.9 Å². The van der Waals surface area contributed by atoms with Gasteiger partial charge in [0.25, 0.3) is 5.69 Å². The molecule has 0 atom stereocenters. The van der Waals surface area contributed by atoms with Gasteiger partial charge in [-0.15, -0.1) is 0 Å². The smallest absolute Gasteiger partial charge is 0.293 e. The number of nitrogens with zero attached hydrogens (tertiary/aromatic N) is 4. The Balaban J connectivity index is 2.08. The van der Waals surface area contributed by atoms with Crippen LogP contribution in [0.2, 0.25) is 10.0 Å². The summed E-state index contributed by atoms with van der Waals surface area (Å²) < 4.78 is 1.59. The van der Waals surface area contributed by atoms with Gasteiger partial charge in [-0.2, -0.15) is 5.10 Å². The number of anilines is 1. The van der Waals surface area contributed by atoms with Crippen molar-refractivity contribution in [3.63, 3.8) is 0 Å². The van der Waals surface area contributed by atoms with E-state index in [1.807, 2.05) is 0 Å². The Labute approximate surface area is 124 Å². The minimum Gasteiger partial charge on any atom is -0.379 e. The number of aromatic nitrogens is 3. The van der Waals surface area contributed by atoms with Crippen LogP contribution >= 0.6 is 23.2 Å². The topological polar surface area (TPSA) is 85.9 Å². The zero-order valence-electron chi connectivity index (χ0n) is 10.5. The van der Waals surface area contributed by atoms with Crippen LogP contribution in [0, 0.1) is 10.1 Å². The van der Waals surface area contributed by atoms with E-state index in [9.17, 15) is 10.1 Å². The van der Waals surface area contributed by atoms with E-state index in [1.54, 1.807) is 18.1 Å². The van der Waals surface area contributed by atoms with Gasteiger partial charge in [0.05, 0.1) is 15.0 Å². The number of halogens is 2. The minimum atomic E-state index is -0.510. The van der Waals surface area contributed by atoms with E-state index in [-0.39, 0.29) is 15.7 Å². The molecule has 0 aliphatic carbocycles. The van der Waals surface area contributed by atoms with E-state index < -0.39 is 4.92 Å². The summed E-state index contributed by atoms with van der Waals surface area (Å²) in [5.41, 5.74) is 0.203. The second kappa shape index (κ2) is 6.06. The van der Waals surface area contributed by atoms with Crippen LogP contribution in [0.25, 0.3) is 0 Å². The molecule has 0 bridgehead atoms. The van der Waals surface area contributed by atoms with Crippen molar-refractivity contribution in [1.82, 2.24) is 14.8 Å². The summed E-state index contributed by atoms with van der Waals surface area (Å²) in [4.78, 5) is 14.5. The van der Waals surface area contributed by atoms with Crippen molar-refractivity contribution in [3.8, 4) is 0 Å². The van der Waals surface area contributed by atoms with Crippen molar-refractivity contribution >= 4 is 34.6 Å². The first-order valence-corrected chi connectivity index (χ1v) is 6.45. The summed E-state index contributed by atoms with van der Waals surface area (Å²) in [5, 5.41) is 18.4. The molecule has 106 valence electrons. The Morgan fingerprint density at radius 2 is 2.10 bits per heavy atom. The number of aryl methyl sites for hydroxylation is 1. The van der Waals surface area contributed by atoms with Crippen LogP contribution in [0.5, 0.6) is 0 Å².